The minimum atomic E-state index is -0.962. The Labute approximate surface area is 167 Å². The first-order chi connectivity index (χ1) is 13.5. The summed E-state index contributed by atoms with van der Waals surface area (Å²) >= 11 is 1.41. The van der Waals surface area contributed by atoms with Gasteiger partial charge in [-0.25, -0.2) is 4.98 Å². The molecule has 2 aliphatic rings. The van der Waals surface area contributed by atoms with Crippen LogP contribution < -0.4 is 5.32 Å². The quantitative estimate of drug-likeness (QED) is 0.768. The molecule has 4 rings (SSSR count). The molecular formula is C21H24N2O4S. The van der Waals surface area contributed by atoms with Crippen LogP contribution in [-0.2, 0) is 20.7 Å². The molecule has 7 heteroatoms. The van der Waals surface area contributed by atoms with Crippen molar-refractivity contribution < 1.29 is 19.4 Å². The molecule has 0 radical (unpaired) electrons. The zero-order valence-electron chi connectivity index (χ0n) is 16.0. The van der Waals surface area contributed by atoms with E-state index in [-0.39, 0.29) is 18.1 Å². The van der Waals surface area contributed by atoms with Crippen LogP contribution in [0.5, 0.6) is 0 Å². The van der Waals surface area contributed by atoms with Crippen molar-refractivity contribution in [2.75, 3.05) is 5.32 Å². The average Bonchev–Trinajstić information content (AvgIpc) is 3.37. The average molecular weight is 401 g/mol. The molecule has 2 saturated heterocycles. The van der Waals surface area contributed by atoms with Crippen molar-refractivity contribution in [1.29, 1.82) is 0 Å². The van der Waals surface area contributed by atoms with Crippen LogP contribution in [0.1, 0.15) is 36.6 Å². The van der Waals surface area contributed by atoms with Crippen LogP contribution in [0, 0.1) is 18.8 Å². The molecule has 4 atom stereocenters. The van der Waals surface area contributed by atoms with Gasteiger partial charge in [-0.1, -0.05) is 37.6 Å². The highest BCUT2D eigenvalue weighted by Gasteiger charge is 2.55. The molecule has 2 aromatic rings. The van der Waals surface area contributed by atoms with Crippen molar-refractivity contribution >= 4 is 28.3 Å². The Kier molecular flexibility index (Phi) is 5.21. The molecular weight excluding hydrogens is 376 g/mol. The molecule has 28 heavy (non-hydrogen) atoms. The van der Waals surface area contributed by atoms with Gasteiger partial charge in [-0.2, -0.15) is 0 Å². The number of aromatic nitrogens is 1. The van der Waals surface area contributed by atoms with Gasteiger partial charge < -0.3 is 15.2 Å². The standard InChI is InChI=1S/C21H24N2O4S/c1-3-4-12-5-7-13(8-6-12)18-11(2)28-21(22-18)23-19(24)16-14-9-10-15(27-14)17(16)20(25)26/h5-8,14-17H,3-4,9-10H2,1-2H3,(H,25,26)(H,22,23,24)/t14-,15+,16-,17-/m0/s1. The van der Waals surface area contributed by atoms with Crippen LogP contribution >= 0.6 is 11.3 Å². The van der Waals surface area contributed by atoms with E-state index in [0.717, 1.165) is 35.4 Å². The largest absolute Gasteiger partial charge is 0.481 e. The number of thiazole rings is 1. The highest BCUT2D eigenvalue weighted by molar-refractivity contribution is 7.16. The van der Waals surface area contributed by atoms with Crippen molar-refractivity contribution in [3.05, 3.63) is 34.7 Å². The number of anilines is 1. The predicted octanol–water partition coefficient (Wildman–Crippen LogP) is 3.89. The lowest BCUT2D eigenvalue weighted by Crippen LogP contribution is -2.40. The van der Waals surface area contributed by atoms with Gasteiger partial charge in [0.2, 0.25) is 5.91 Å². The molecule has 2 aliphatic heterocycles. The van der Waals surface area contributed by atoms with E-state index in [2.05, 4.69) is 41.5 Å². The van der Waals surface area contributed by atoms with Crippen molar-refractivity contribution in [2.45, 2.75) is 51.7 Å². The molecule has 1 amide bonds. The van der Waals surface area contributed by atoms with Crippen LogP contribution in [0.3, 0.4) is 0 Å². The molecule has 1 aromatic heterocycles. The van der Waals surface area contributed by atoms with Gasteiger partial charge in [0.05, 0.1) is 29.7 Å². The van der Waals surface area contributed by atoms with E-state index in [1.165, 1.54) is 16.9 Å². The van der Waals surface area contributed by atoms with Crippen LogP contribution in [0.4, 0.5) is 5.13 Å². The molecule has 0 unspecified atom stereocenters. The molecule has 2 bridgehead atoms. The number of carbonyl (C=O) groups excluding carboxylic acids is 1. The van der Waals surface area contributed by atoms with E-state index in [4.69, 9.17) is 4.74 Å². The number of hydrogen-bond donors (Lipinski definition) is 2. The summed E-state index contributed by atoms with van der Waals surface area (Å²) in [5.41, 5.74) is 3.16. The van der Waals surface area contributed by atoms with E-state index < -0.39 is 17.8 Å². The van der Waals surface area contributed by atoms with Crippen molar-refractivity contribution in [3.63, 3.8) is 0 Å². The summed E-state index contributed by atoms with van der Waals surface area (Å²) in [5, 5.41) is 12.8. The fraction of sp³-hybridized carbons (Fsp3) is 0.476. The van der Waals surface area contributed by atoms with Crippen LogP contribution in [0.2, 0.25) is 0 Å². The van der Waals surface area contributed by atoms with Gasteiger partial charge in [-0.05, 0) is 31.7 Å². The van der Waals surface area contributed by atoms with Gasteiger partial charge in [-0.3, -0.25) is 9.59 Å². The van der Waals surface area contributed by atoms with Gasteiger partial charge >= 0.3 is 5.97 Å². The molecule has 0 aliphatic carbocycles. The molecule has 0 saturated carbocycles. The summed E-state index contributed by atoms with van der Waals surface area (Å²) in [7, 11) is 0. The molecule has 0 spiro atoms. The number of carboxylic acids is 1. The van der Waals surface area contributed by atoms with E-state index in [1.807, 2.05) is 6.92 Å². The molecule has 2 fully saturated rings. The Morgan fingerprint density at radius 2 is 1.89 bits per heavy atom. The lowest BCUT2D eigenvalue weighted by molar-refractivity contribution is -0.147. The topological polar surface area (TPSA) is 88.5 Å². The number of benzene rings is 1. The number of aliphatic carboxylic acids is 1. The van der Waals surface area contributed by atoms with Gasteiger partial charge in [-0.15, -0.1) is 11.3 Å². The fourth-order valence-corrected chi connectivity index (χ4v) is 5.19. The van der Waals surface area contributed by atoms with Crippen LogP contribution in [0.25, 0.3) is 11.3 Å². The number of ether oxygens (including phenoxy) is 1. The Balaban J connectivity index is 1.51. The summed E-state index contributed by atoms with van der Waals surface area (Å²) in [4.78, 5) is 30.0. The minimum absolute atomic E-state index is 0.307. The van der Waals surface area contributed by atoms with Crippen molar-refractivity contribution in [2.24, 2.45) is 11.8 Å². The third-order valence-electron chi connectivity index (χ3n) is 5.65. The third-order valence-corrected chi connectivity index (χ3v) is 6.54. The van der Waals surface area contributed by atoms with Crippen LogP contribution in [-0.4, -0.2) is 34.2 Å². The maximum Gasteiger partial charge on any atom is 0.310 e. The van der Waals surface area contributed by atoms with E-state index in [1.54, 1.807) is 0 Å². The van der Waals surface area contributed by atoms with Crippen molar-refractivity contribution in [3.8, 4) is 11.3 Å². The summed E-state index contributed by atoms with van der Waals surface area (Å²) in [6.07, 6.45) is 2.94. The first-order valence-electron chi connectivity index (χ1n) is 9.73. The number of carboxylic acid groups (broad SMARTS) is 1. The van der Waals surface area contributed by atoms with Gasteiger partial charge in [0, 0.05) is 10.4 Å². The SMILES string of the molecule is CCCc1ccc(-c2nc(NC(=O)[C@@H]3[C@@H](C(=O)O)[C@H]4CC[C@@H]3O4)sc2C)cc1. The Morgan fingerprint density at radius 1 is 1.21 bits per heavy atom. The first kappa shape index (κ1) is 19.1. The zero-order chi connectivity index (χ0) is 19.8. The van der Waals surface area contributed by atoms with Gasteiger partial charge in [0.25, 0.3) is 0 Å². The maximum absolute atomic E-state index is 12.8. The lowest BCUT2D eigenvalue weighted by atomic mass is 9.79. The smallest absolute Gasteiger partial charge is 0.310 e. The van der Waals surface area contributed by atoms with E-state index in [0.29, 0.717) is 11.6 Å². The maximum atomic E-state index is 12.8. The fourth-order valence-electron chi connectivity index (χ4n) is 4.35. The Morgan fingerprint density at radius 3 is 2.54 bits per heavy atom. The number of carbonyl (C=O) groups is 2. The minimum Gasteiger partial charge on any atom is -0.481 e. The van der Waals surface area contributed by atoms with Crippen molar-refractivity contribution in [1.82, 2.24) is 4.98 Å². The second-order valence-electron chi connectivity index (χ2n) is 7.54. The number of rotatable bonds is 6. The molecule has 148 valence electrons. The van der Waals surface area contributed by atoms with Gasteiger partial charge in [0.15, 0.2) is 5.13 Å². The highest BCUT2D eigenvalue weighted by atomic mass is 32.1. The molecule has 6 nitrogen and oxygen atoms in total. The normalized spacial score (nSPS) is 25.8. The number of aryl methyl sites for hydroxylation is 2. The summed E-state index contributed by atoms with van der Waals surface area (Å²) in [5.74, 6) is -2.70. The second-order valence-corrected chi connectivity index (χ2v) is 8.74. The Hall–Kier alpha value is -2.25. The number of hydrogen-bond acceptors (Lipinski definition) is 5. The number of amides is 1. The summed E-state index contributed by atoms with van der Waals surface area (Å²) < 4.78 is 5.69. The molecule has 1 aromatic carbocycles. The number of nitrogens with one attached hydrogen (secondary N) is 1. The number of nitrogens with zero attached hydrogens (tertiary/aromatic N) is 1. The van der Waals surface area contributed by atoms with Gasteiger partial charge in [0.1, 0.15) is 0 Å². The lowest BCUT2D eigenvalue weighted by Gasteiger charge is -2.23. The third kappa shape index (κ3) is 3.44. The summed E-state index contributed by atoms with van der Waals surface area (Å²) in [6, 6.07) is 8.34. The molecule has 3 heterocycles. The highest BCUT2D eigenvalue weighted by Crippen LogP contribution is 2.44. The van der Waals surface area contributed by atoms with E-state index in [9.17, 15) is 14.7 Å². The second kappa shape index (κ2) is 7.64. The van der Waals surface area contributed by atoms with Crippen LogP contribution in [0.15, 0.2) is 24.3 Å². The Bertz CT molecular complexity index is 892. The number of fused-ring (bicyclic) bond motifs is 2. The molecule has 2 N–H and O–H groups in total. The summed E-state index contributed by atoms with van der Waals surface area (Å²) in [6.45, 7) is 4.13. The first-order valence-corrected chi connectivity index (χ1v) is 10.6. The van der Waals surface area contributed by atoms with E-state index >= 15 is 0 Å². The predicted molar refractivity (Wildman–Crippen MR) is 107 cm³/mol. The zero-order valence-corrected chi connectivity index (χ0v) is 16.8. The monoisotopic (exact) mass is 400 g/mol.